The van der Waals surface area contributed by atoms with Gasteiger partial charge in [0, 0.05) is 22.0 Å². The van der Waals surface area contributed by atoms with E-state index < -0.39 is 0 Å². The number of nitriles is 1. The number of hydrogen-bond acceptors (Lipinski definition) is 5. The monoisotopic (exact) mass is 533 g/mol. The van der Waals surface area contributed by atoms with E-state index in [4.69, 9.17) is 39.2 Å². The molecule has 0 bridgehead atoms. The summed E-state index contributed by atoms with van der Waals surface area (Å²) in [5, 5.41) is 24.7. The molecule has 0 atom stereocenters. The van der Waals surface area contributed by atoms with Crippen LogP contribution in [0.5, 0.6) is 0 Å². The Kier molecular flexibility index (Phi) is 7.06. The fourth-order valence-electron chi connectivity index (χ4n) is 3.91. The van der Waals surface area contributed by atoms with E-state index in [1.807, 2.05) is 30.3 Å². The quantitative estimate of drug-likeness (QED) is 0.215. The summed E-state index contributed by atoms with van der Waals surface area (Å²) in [5.41, 5.74) is 3.60. The minimum absolute atomic E-state index is 0.167. The van der Waals surface area contributed by atoms with Crippen LogP contribution in [0.4, 0.5) is 0 Å². The summed E-state index contributed by atoms with van der Waals surface area (Å²) in [5.74, 6) is 0.650. The van der Waals surface area contributed by atoms with Crippen LogP contribution < -0.4 is 0 Å². The van der Waals surface area contributed by atoms with Crippen molar-refractivity contribution in [3.05, 3.63) is 105 Å². The van der Waals surface area contributed by atoms with Crippen LogP contribution in [0.1, 0.15) is 23.4 Å². The van der Waals surface area contributed by atoms with E-state index in [9.17, 15) is 5.26 Å². The van der Waals surface area contributed by atoms with E-state index in [1.54, 1.807) is 35.0 Å². The number of nitrogens with zero attached hydrogens (tertiary/aromatic N) is 5. The summed E-state index contributed by atoms with van der Waals surface area (Å²) in [6, 6.07) is 24.7. The topological polar surface area (TPSA) is 80.5 Å². The summed E-state index contributed by atoms with van der Waals surface area (Å²) in [6.07, 6.45) is 2.35. The highest BCUT2D eigenvalue weighted by Crippen LogP contribution is 2.36. The third kappa shape index (κ3) is 5.00. The number of aromatic nitrogens is 4. The summed E-state index contributed by atoms with van der Waals surface area (Å²) in [4.78, 5) is 0. The first kappa shape index (κ1) is 24.1. The van der Waals surface area contributed by atoms with Crippen molar-refractivity contribution < 1.29 is 4.42 Å². The van der Waals surface area contributed by atoms with Crippen molar-refractivity contribution >= 4 is 34.8 Å². The smallest absolute Gasteiger partial charge is 0.269 e. The highest BCUT2D eigenvalue weighted by atomic mass is 35.5. The van der Waals surface area contributed by atoms with Gasteiger partial charge in [-0.3, -0.25) is 0 Å². The summed E-state index contributed by atoms with van der Waals surface area (Å²) in [6.45, 7) is 0. The Morgan fingerprint density at radius 2 is 1.61 bits per heavy atom. The number of aryl methyl sites for hydroxylation is 2. The Balaban J connectivity index is 1.54. The normalized spacial score (nSPS) is 10.9. The number of benzene rings is 3. The Morgan fingerprint density at radius 1 is 0.861 bits per heavy atom. The average Bonchev–Trinajstić information content (AvgIpc) is 3.50. The van der Waals surface area contributed by atoms with Gasteiger partial charge in [-0.2, -0.15) is 10.4 Å². The first-order chi connectivity index (χ1) is 17.5. The largest absolute Gasteiger partial charge is 0.419 e. The van der Waals surface area contributed by atoms with E-state index >= 15 is 0 Å². The second-order valence-electron chi connectivity index (χ2n) is 8.04. The van der Waals surface area contributed by atoms with E-state index in [0.29, 0.717) is 38.8 Å². The third-order valence-electron chi connectivity index (χ3n) is 5.62. The standard InChI is InChI=1S/C27H18Cl3N5O/c28-19-11-9-18(10-12-19)26-21(16-31)25(34-35(26)23-14-13-20(29)15-22(23)30)27-33-32-24(36-27)8-4-7-17-5-2-1-3-6-17/h1-3,5-6,9-15H,4,7-8H2. The lowest BCUT2D eigenvalue weighted by molar-refractivity contribution is 0.495. The molecule has 178 valence electrons. The summed E-state index contributed by atoms with van der Waals surface area (Å²) in [7, 11) is 0. The van der Waals surface area contributed by atoms with Gasteiger partial charge < -0.3 is 4.42 Å². The average molecular weight is 535 g/mol. The maximum absolute atomic E-state index is 10.2. The molecule has 36 heavy (non-hydrogen) atoms. The predicted octanol–water partition coefficient (Wildman–Crippen LogP) is 7.60. The summed E-state index contributed by atoms with van der Waals surface area (Å²) < 4.78 is 7.53. The lowest BCUT2D eigenvalue weighted by atomic mass is 10.1. The van der Waals surface area contributed by atoms with Gasteiger partial charge in [0.05, 0.1) is 16.4 Å². The van der Waals surface area contributed by atoms with Crippen molar-refractivity contribution in [1.82, 2.24) is 20.0 Å². The Morgan fingerprint density at radius 3 is 2.33 bits per heavy atom. The predicted molar refractivity (Wildman–Crippen MR) is 141 cm³/mol. The number of halogens is 3. The second kappa shape index (κ2) is 10.5. The van der Waals surface area contributed by atoms with Gasteiger partial charge in [-0.25, -0.2) is 4.68 Å². The number of rotatable bonds is 7. The molecule has 0 spiro atoms. The molecule has 3 aromatic carbocycles. The van der Waals surface area contributed by atoms with Crippen LogP contribution in [0.25, 0.3) is 28.5 Å². The lowest BCUT2D eigenvalue weighted by Crippen LogP contribution is -2.00. The van der Waals surface area contributed by atoms with Gasteiger partial charge >= 0.3 is 0 Å². The van der Waals surface area contributed by atoms with Crippen molar-refractivity contribution in [1.29, 1.82) is 5.26 Å². The molecule has 6 nitrogen and oxygen atoms in total. The molecule has 5 rings (SSSR count). The zero-order chi connectivity index (χ0) is 25.1. The molecule has 0 N–H and O–H groups in total. The van der Waals surface area contributed by atoms with Crippen molar-refractivity contribution in [2.24, 2.45) is 0 Å². The van der Waals surface area contributed by atoms with Crippen LogP contribution >= 0.6 is 34.8 Å². The van der Waals surface area contributed by atoms with Gasteiger partial charge in [-0.05, 0) is 48.7 Å². The van der Waals surface area contributed by atoms with Crippen molar-refractivity contribution in [3.63, 3.8) is 0 Å². The maximum Gasteiger partial charge on any atom is 0.269 e. The highest BCUT2D eigenvalue weighted by Gasteiger charge is 2.26. The number of hydrogen-bond donors (Lipinski definition) is 0. The van der Waals surface area contributed by atoms with Gasteiger partial charge in [0.15, 0.2) is 5.69 Å². The SMILES string of the molecule is N#Cc1c(-c2nnc(CCCc3ccccc3)o2)nn(-c2ccc(Cl)cc2Cl)c1-c1ccc(Cl)cc1. The van der Waals surface area contributed by atoms with Crippen molar-refractivity contribution in [2.75, 3.05) is 0 Å². The van der Waals surface area contributed by atoms with E-state index in [2.05, 4.69) is 33.5 Å². The van der Waals surface area contributed by atoms with Crippen molar-refractivity contribution in [3.8, 4) is 34.6 Å². The van der Waals surface area contributed by atoms with E-state index in [-0.39, 0.29) is 17.1 Å². The highest BCUT2D eigenvalue weighted by molar-refractivity contribution is 6.35. The van der Waals surface area contributed by atoms with Gasteiger partial charge in [-0.15, -0.1) is 10.2 Å². The van der Waals surface area contributed by atoms with Gasteiger partial charge in [0.2, 0.25) is 5.89 Å². The zero-order valence-electron chi connectivity index (χ0n) is 18.8. The van der Waals surface area contributed by atoms with E-state index in [1.165, 1.54) is 5.56 Å². The Labute approximate surface area is 222 Å². The minimum atomic E-state index is 0.167. The van der Waals surface area contributed by atoms with Crippen LogP contribution in [-0.2, 0) is 12.8 Å². The molecular weight excluding hydrogens is 517 g/mol. The van der Waals surface area contributed by atoms with E-state index in [0.717, 1.165) is 18.4 Å². The summed E-state index contributed by atoms with van der Waals surface area (Å²) >= 11 is 18.7. The fourth-order valence-corrected chi connectivity index (χ4v) is 4.53. The zero-order valence-corrected chi connectivity index (χ0v) is 21.1. The molecule has 0 unspecified atom stereocenters. The molecule has 0 saturated carbocycles. The first-order valence-corrected chi connectivity index (χ1v) is 12.3. The third-order valence-corrected chi connectivity index (χ3v) is 6.41. The molecule has 0 aliphatic heterocycles. The Hall–Kier alpha value is -3.63. The first-order valence-electron chi connectivity index (χ1n) is 11.1. The van der Waals surface area contributed by atoms with Crippen LogP contribution in [0.15, 0.2) is 77.2 Å². The fraction of sp³-hybridized carbons (Fsp3) is 0.111. The molecule has 2 heterocycles. The molecule has 2 aromatic heterocycles. The van der Waals surface area contributed by atoms with Gasteiger partial charge in [0.1, 0.15) is 11.6 Å². The molecule has 0 radical (unpaired) electrons. The van der Waals surface area contributed by atoms with Gasteiger partial charge in [0.25, 0.3) is 5.89 Å². The lowest BCUT2D eigenvalue weighted by Gasteiger charge is -2.10. The van der Waals surface area contributed by atoms with Gasteiger partial charge in [-0.1, -0.05) is 77.3 Å². The molecule has 0 aliphatic rings. The molecule has 5 aromatic rings. The molecule has 0 aliphatic carbocycles. The molecule has 0 saturated heterocycles. The minimum Gasteiger partial charge on any atom is -0.419 e. The second-order valence-corrected chi connectivity index (χ2v) is 9.32. The molecular formula is C27H18Cl3N5O. The molecule has 9 heteroatoms. The van der Waals surface area contributed by atoms with Crippen molar-refractivity contribution in [2.45, 2.75) is 19.3 Å². The van der Waals surface area contributed by atoms with Crippen LogP contribution in [0, 0.1) is 11.3 Å². The van der Waals surface area contributed by atoms with Crippen LogP contribution in [0.3, 0.4) is 0 Å². The molecule has 0 amide bonds. The Bertz CT molecular complexity index is 1550. The van der Waals surface area contributed by atoms with Crippen LogP contribution in [-0.4, -0.2) is 20.0 Å². The maximum atomic E-state index is 10.2. The van der Waals surface area contributed by atoms with Crippen LogP contribution in [0.2, 0.25) is 15.1 Å². The molecule has 0 fully saturated rings.